The molecule has 0 bridgehead atoms. The second-order valence-electron chi connectivity index (χ2n) is 6.18. The summed E-state index contributed by atoms with van der Waals surface area (Å²) in [6.07, 6.45) is 1.59. The summed E-state index contributed by atoms with van der Waals surface area (Å²) < 4.78 is 6.80. The molecule has 140 valence electrons. The van der Waals surface area contributed by atoms with E-state index >= 15 is 0 Å². The van der Waals surface area contributed by atoms with Crippen LogP contribution in [0.2, 0.25) is 5.02 Å². The Morgan fingerprint density at radius 3 is 2.54 bits per heavy atom. The zero-order valence-corrected chi connectivity index (χ0v) is 17.8. The molecule has 1 aromatic heterocycles. The van der Waals surface area contributed by atoms with E-state index in [0.29, 0.717) is 27.1 Å². The van der Waals surface area contributed by atoms with Gasteiger partial charge < -0.3 is 4.42 Å². The Morgan fingerprint density at radius 2 is 1.82 bits per heavy atom. The number of nitrogens with zero attached hydrogens (tertiary/aromatic N) is 1. The molecule has 0 saturated carbocycles. The Kier molecular flexibility index (Phi) is 5.19. The van der Waals surface area contributed by atoms with E-state index < -0.39 is 0 Å². The standard InChI is InChI=1S/C21H13BrClNO3S/c1-12-2-8-16(17(22)10-12)18-9-7-15(27-18)11-19-20(25)24(21(26)28-19)14-5-3-13(23)4-6-14/h2-11H,1H3/b19-11-. The second-order valence-corrected chi connectivity index (χ2v) is 8.46. The van der Waals surface area contributed by atoms with Crippen molar-refractivity contribution in [1.82, 2.24) is 0 Å². The van der Waals surface area contributed by atoms with E-state index in [1.54, 1.807) is 36.4 Å². The molecule has 2 heterocycles. The van der Waals surface area contributed by atoms with E-state index in [-0.39, 0.29) is 11.1 Å². The predicted molar refractivity (Wildman–Crippen MR) is 116 cm³/mol. The van der Waals surface area contributed by atoms with Gasteiger partial charge in [0.25, 0.3) is 11.1 Å². The number of aryl methyl sites for hydroxylation is 1. The van der Waals surface area contributed by atoms with Gasteiger partial charge in [-0.25, -0.2) is 4.90 Å². The summed E-state index contributed by atoms with van der Waals surface area (Å²) >= 11 is 10.3. The molecule has 7 heteroatoms. The first-order chi connectivity index (χ1) is 13.4. The third-order valence-electron chi connectivity index (χ3n) is 4.17. The molecule has 0 radical (unpaired) electrons. The number of benzene rings is 2. The summed E-state index contributed by atoms with van der Waals surface area (Å²) in [7, 11) is 0. The van der Waals surface area contributed by atoms with Crippen molar-refractivity contribution in [3.63, 3.8) is 0 Å². The summed E-state index contributed by atoms with van der Waals surface area (Å²) in [5.41, 5.74) is 2.54. The second kappa shape index (κ2) is 7.62. The van der Waals surface area contributed by atoms with Crippen molar-refractivity contribution in [2.45, 2.75) is 6.92 Å². The van der Waals surface area contributed by atoms with Gasteiger partial charge in [-0.15, -0.1) is 0 Å². The molecule has 1 aliphatic rings. The number of amides is 2. The van der Waals surface area contributed by atoms with Crippen molar-refractivity contribution >= 4 is 62.2 Å². The van der Waals surface area contributed by atoms with Gasteiger partial charge in [0.15, 0.2) is 0 Å². The highest BCUT2D eigenvalue weighted by molar-refractivity contribution is 9.10. The molecule has 4 rings (SSSR count). The van der Waals surface area contributed by atoms with Gasteiger partial charge in [0.2, 0.25) is 0 Å². The maximum Gasteiger partial charge on any atom is 0.298 e. The van der Waals surface area contributed by atoms with Gasteiger partial charge in [0.05, 0.1) is 10.6 Å². The van der Waals surface area contributed by atoms with Gasteiger partial charge >= 0.3 is 0 Å². The molecular formula is C21H13BrClNO3S. The van der Waals surface area contributed by atoms with Gasteiger partial charge in [-0.3, -0.25) is 9.59 Å². The molecule has 2 amide bonds. The molecule has 3 aromatic rings. The summed E-state index contributed by atoms with van der Waals surface area (Å²) in [6, 6.07) is 16.2. The van der Waals surface area contributed by atoms with E-state index in [1.165, 1.54) is 0 Å². The van der Waals surface area contributed by atoms with Crippen LogP contribution in [0.1, 0.15) is 11.3 Å². The van der Waals surface area contributed by atoms with E-state index in [0.717, 1.165) is 32.3 Å². The number of carbonyl (C=O) groups excluding carboxylic acids is 2. The van der Waals surface area contributed by atoms with E-state index in [9.17, 15) is 9.59 Å². The fourth-order valence-electron chi connectivity index (χ4n) is 2.80. The van der Waals surface area contributed by atoms with Crippen molar-refractivity contribution in [2.75, 3.05) is 4.90 Å². The van der Waals surface area contributed by atoms with Crippen molar-refractivity contribution in [2.24, 2.45) is 0 Å². The van der Waals surface area contributed by atoms with Crippen LogP contribution in [0.4, 0.5) is 10.5 Å². The van der Waals surface area contributed by atoms with Gasteiger partial charge in [0.1, 0.15) is 11.5 Å². The first-order valence-corrected chi connectivity index (χ1v) is 10.3. The van der Waals surface area contributed by atoms with Crippen molar-refractivity contribution < 1.29 is 14.0 Å². The first kappa shape index (κ1) is 19.1. The van der Waals surface area contributed by atoms with Crippen LogP contribution >= 0.6 is 39.3 Å². The van der Waals surface area contributed by atoms with Crippen molar-refractivity contribution in [3.8, 4) is 11.3 Å². The smallest absolute Gasteiger partial charge is 0.298 e. The summed E-state index contributed by atoms with van der Waals surface area (Å²) in [4.78, 5) is 26.5. The van der Waals surface area contributed by atoms with E-state index in [2.05, 4.69) is 15.9 Å². The Bertz CT molecular complexity index is 1120. The predicted octanol–water partition coefficient (Wildman–Crippen LogP) is 6.91. The monoisotopic (exact) mass is 473 g/mol. The number of furan rings is 1. The fraction of sp³-hybridized carbons (Fsp3) is 0.0476. The average Bonchev–Trinajstić information content (AvgIpc) is 3.21. The van der Waals surface area contributed by atoms with Gasteiger partial charge in [0, 0.05) is 21.1 Å². The van der Waals surface area contributed by atoms with Crippen molar-refractivity contribution in [3.05, 3.63) is 80.3 Å². The lowest BCUT2D eigenvalue weighted by Crippen LogP contribution is -2.27. The maximum absolute atomic E-state index is 12.7. The largest absolute Gasteiger partial charge is 0.457 e. The minimum atomic E-state index is -0.383. The van der Waals surface area contributed by atoms with Crippen LogP contribution in [0.3, 0.4) is 0 Å². The van der Waals surface area contributed by atoms with E-state index in [4.69, 9.17) is 16.0 Å². The minimum absolute atomic E-state index is 0.309. The lowest BCUT2D eigenvalue weighted by Gasteiger charge is -2.11. The fourth-order valence-corrected chi connectivity index (χ4v) is 4.44. The lowest BCUT2D eigenvalue weighted by atomic mass is 10.1. The molecule has 0 atom stereocenters. The molecular weight excluding hydrogens is 462 g/mol. The molecule has 0 unspecified atom stereocenters. The Morgan fingerprint density at radius 1 is 1.07 bits per heavy atom. The van der Waals surface area contributed by atoms with Crippen molar-refractivity contribution in [1.29, 1.82) is 0 Å². The normalized spacial score (nSPS) is 15.7. The van der Waals surface area contributed by atoms with Crippen LogP contribution in [0.15, 0.2) is 68.4 Å². The SMILES string of the molecule is Cc1ccc(-c2ccc(/C=C3\SC(=O)N(c4ccc(Cl)cc4)C3=O)o2)c(Br)c1. The topological polar surface area (TPSA) is 50.5 Å². The highest BCUT2D eigenvalue weighted by Crippen LogP contribution is 2.37. The molecule has 1 saturated heterocycles. The Labute approximate surface area is 179 Å². The number of hydrogen-bond acceptors (Lipinski definition) is 4. The van der Waals surface area contributed by atoms with Gasteiger partial charge in [-0.1, -0.05) is 33.6 Å². The Balaban J connectivity index is 1.61. The molecule has 0 aliphatic carbocycles. The summed E-state index contributed by atoms with van der Waals surface area (Å²) in [5, 5.41) is 0.184. The van der Waals surface area contributed by atoms with Crippen LogP contribution < -0.4 is 4.90 Å². The number of imide groups is 1. The molecule has 0 spiro atoms. The van der Waals surface area contributed by atoms with Crippen LogP contribution in [-0.2, 0) is 4.79 Å². The number of thioether (sulfide) groups is 1. The highest BCUT2D eigenvalue weighted by Gasteiger charge is 2.36. The minimum Gasteiger partial charge on any atom is -0.457 e. The molecule has 2 aromatic carbocycles. The first-order valence-electron chi connectivity index (χ1n) is 8.32. The third-order valence-corrected chi connectivity index (χ3v) is 5.95. The van der Waals surface area contributed by atoms with Crippen LogP contribution in [0.5, 0.6) is 0 Å². The number of anilines is 1. The van der Waals surface area contributed by atoms with Crippen LogP contribution in [-0.4, -0.2) is 11.1 Å². The highest BCUT2D eigenvalue weighted by atomic mass is 79.9. The lowest BCUT2D eigenvalue weighted by molar-refractivity contribution is -0.113. The molecule has 28 heavy (non-hydrogen) atoms. The number of carbonyl (C=O) groups is 2. The third kappa shape index (κ3) is 3.68. The van der Waals surface area contributed by atoms with Crippen LogP contribution in [0, 0.1) is 6.92 Å². The average molecular weight is 475 g/mol. The van der Waals surface area contributed by atoms with Gasteiger partial charge in [-0.05, 0) is 72.8 Å². The maximum atomic E-state index is 12.7. The summed E-state index contributed by atoms with van der Waals surface area (Å²) in [5.74, 6) is 0.797. The van der Waals surface area contributed by atoms with Gasteiger partial charge in [-0.2, -0.15) is 0 Å². The molecule has 1 aliphatic heterocycles. The number of halogens is 2. The van der Waals surface area contributed by atoms with Crippen LogP contribution in [0.25, 0.3) is 17.4 Å². The molecule has 0 N–H and O–H groups in total. The Hall–Kier alpha value is -2.28. The molecule has 1 fully saturated rings. The zero-order chi connectivity index (χ0) is 19.8. The molecule has 4 nitrogen and oxygen atoms in total. The quantitative estimate of drug-likeness (QED) is 0.387. The van der Waals surface area contributed by atoms with E-state index in [1.807, 2.05) is 31.2 Å². The zero-order valence-electron chi connectivity index (χ0n) is 14.6. The number of rotatable bonds is 3. The summed E-state index contributed by atoms with van der Waals surface area (Å²) in [6.45, 7) is 2.01. The number of hydrogen-bond donors (Lipinski definition) is 0.